The smallest absolute Gasteiger partial charge is 0.257 e. The lowest BCUT2D eigenvalue weighted by atomic mass is 10.2. The van der Waals surface area contributed by atoms with E-state index in [0.717, 1.165) is 4.47 Å². The Balaban J connectivity index is 2.75. The Morgan fingerprint density at radius 1 is 1.50 bits per heavy atom. The summed E-state index contributed by atoms with van der Waals surface area (Å²) in [7, 11) is 1.66. The van der Waals surface area contributed by atoms with Crippen molar-refractivity contribution < 1.29 is 4.79 Å². The Kier molecular flexibility index (Phi) is 4.03. The first-order valence-corrected chi connectivity index (χ1v) is 5.12. The lowest BCUT2D eigenvalue weighted by Gasteiger charge is -2.05. The van der Waals surface area contributed by atoms with Crippen LogP contribution in [0.15, 0.2) is 28.7 Å². The molecule has 0 aliphatic carbocycles. The standard InChI is InChI=1S/C9H9BrN2OS/c1-11-9(14)12-8(13)6-3-2-4-7(10)5-6/h2-5H,1H3,(H2,11,12,13,14). The van der Waals surface area contributed by atoms with Gasteiger partial charge in [-0.2, -0.15) is 0 Å². The fourth-order valence-electron chi connectivity index (χ4n) is 0.868. The van der Waals surface area contributed by atoms with E-state index in [0.29, 0.717) is 10.7 Å². The summed E-state index contributed by atoms with van der Waals surface area (Å²) in [5, 5.41) is 5.52. The van der Waals surface area contributed by atoms with Crippen LogP contribution in [-0.2, 0) is 0 Å². The first kappa shape index (κ1) is 11.1. The number of carbonyl (C=O) groups is 1. The summed E-state index contributed by atoms with van der Waals surface area (Å²) < 4.78 is 0.862. The molecule has 1 aromatic rings. The fourth-order valence-corrected chi connectivity index (χ4v) is 1.36. The van der Waals surface area contributed by atoms with Gasteiger partial charge in [-0.3, -0.25) is 10.1 Å². The van der Waals surface area contributed by atoms with Crippen LogP contribution in [0.3, 0.4) is 0 Å². The Hall–Kier alpha value is -0.940. The molecule has 2 N–H and O–H groups in total. The Bertz CT molecular complexity index is 368. The van der Waals surface area contributed by atoms with E-state index in [1.807, 2.05) is 6.07 Å². The van der Waals surface area contributed by atoms with Crippen LogP contribution < -0.4 is 10.6 Å². The molecule has 3 nitrogen and oxygen atoms in total. The average molecular weight is 273 g/mol. The third-order valence-corrected chi connectivity index (χ3v) is 2.34. The molecule has 0 aromatic heterocycles. The van der Waals surface area contributed by atoms with Crippen LogP contribution in [-0.4, -0.2) is 18.1 Å². The lowest BCUT2D eigenvalue weighted by molar-refractivity contribution is 0.0977. The minimum Gasteiger partial charge on any atom is -0.365 e. The van der Waals surface area contributed by atoms with Crippen LogP contribution in [0.1, 0.15) is 10.4 Å². The second-order valence-corrected chi connectivity index (χ2v) is 3.87. The molecule has 0 aliphatic heterocycles. The average Bonchev–Trinajstić information content (AvgIpc) is 2.17. The van der Waals surface area contributed by atoms with E-state index < -0.39 is 0 Å². The number of amides is 1. The highest BCUT2D eigenvalue weighted by Crippen LogP contribution is 2.11. The van der Waals surface area contributed by atoms with E-state index >= 15 is 0 Å². The van der Waals surface area contributed by atoms with Gasteiger partial charge in [0.1, 0.15) is 0 Å². The zero-order valence-corrected chi connectivity index (χ0v) is 9.91. The maximum absolute atomic E-state index is 11.5. The summed E-state index contributed by atoms with van der Waals surface area (Å²) in [6, 6.07) is 7.10. The normalized spacial score (nSPS) is 9.29. The second-order valence-electron chi connectivity index (χ2n) is 2.54. The molecule has 5 heteroatoms. The fraction of sp³-hybridized carbons (Fsp3) is 0.111. The monoisotopic (exact) mass is 272 g/mol. The van der Waals surface area contributed by atoms with Gasteiger partial charge in [0.05, 0.1) is 0 Å². The third kappa shape index (κ3) is 3.08. The molecule has 0 radical (unpaired) electrons. The van der Waals surface area contributed by atoms with Crippen LogP contribution >= 0.6 is 28.1 Å². The molecule has 0 atom stereocenters. The number of hydrogen-bond donors (Lipinski definition) is 2. The van der Waals surface area contributed by atoms with Crippen LogP contribution in [0, 0.1) is 0 Å². The van der Waals surface area contributed by atoms with Gasteiger partial charge in [-0.1, -0.05) is 22.0 Å². The van der Waals surface area contributed by atoms with E-state index in [1.165, 1.54) is 0 Å². The van der Waals surface area contributed by atoms with Crippen molar-refractivity contribution in [3.63, 3.8) is 0 Å². The SMILES string of the molecule is CNC(=S)NC(=O)c1cccc(Br)c1. The Labute approximate surface area is 96.0 Å². The van der Waals surface area contributed by atoms with Crippen LogP contribution in [0.4, 0.5) is 0 Å². The number of nitrogens with one attached hydrogen (secondary N) is 2. The molecular formula is C9H9BrN2OS. The van der Waals surface area contributed by atoms with Crippen LogP contribution in [0.5, 0.6) is 0 Å². The van der Waals surface area contributed by atoms with Crippen molar-refractivity contribution >= 4 is 39.2 Å². The van der Waals surface area contributed by atoms with E-state index in [4.69, 9.17) is 12.2 Å². The van der Waals surface area contributed by atoms with Gasteiger partial charge >= 0.3 is 0 Å². The zero-order chi connectivity index (χ0) is 10.6. The number of halogens is 1. The van der Waals surface area contributed by atoms with E-state index in [9.17, 15) is 4.79 Å². The molecule has 0 aliphatic rings. The largest absolute Gasteiger partial charge is 0.365 e. The molecular weight excluding hydrogens is 264 g/mol. The quantitative estimate of drug-likeness (QED) is 0.765. The predicted molar refractivity (Wildman–Crippen MR) is 63.3 cm³/mol. The van der Waals surface area contributed by atoms with E-state index in [2.05, 4.69) is 26.6 Å². The first-order chi connectivity index (χ1) is 6.63. The molecule has 0 saturated heterocycles. The molecule has 0 spiro atoms. The van der Waals surface area contributed by atoms with E-state index in [1.54, 1.807) is 25.2 Å². The maximum atomic E-state index is 11.5. The van der Waals surface area contributed by atoms with Crippen molar-refractivity contribution in [2.45, 2.75) is 0 Å². The van der Waals surface area contributed by atoms with Crippen molar-refractivity contribution in [3.8, 4) is 0 Å². The maximum Gasteiger partial charge on any atom is 0.257 e. The molecule has 1 amide bonds. The number of thiocarbonyl (C=S) groups is 1. The minimum absolute atomic E-state index is 0.217. The van der Waals surface area contributed by atoms with Gasteiger partial charge in [0.25, 0.3) is 5.91 Å². The molecule has 0 saturated carbocycles. The molecule has 0 fully saturated rings. The molecule has 0 unspecified atom stereocenters. The molecule has 74 valence electrons. The number of hydrogen-bond acceptors (Lipinski definition) is 2. The van der Waals surface area contributed by atoms with Crippen molar-refractivity contribution in [3.05, 3.63) is 34.3 Å². The lowest BCUT2D eigenvalue weighted by Crippen LogP contribution is -2.37. The highest BCUT2D eigenvalue weighted by atomic mass is 79.9. The summed E-state index contributed by atoms with van der Waals surface area (Å²) in [6.45, 7) is 0. The molecule has 0 heterocycles. The minimum atomic E-state index is -0.217. The van der Waals surface area contributed by atoms with Crippen LogP contribution in [0.25, 0.3) is 0 Å². The van der Waals surface area contributed by atoms with Gasteiger partial charge in [-0.25, -0.2) is 0 Å². The third-order valence-electron chi connectivity index (χ3n) is 1.54. The number of carbonyl (C=O) groups excluding carboxylic acids is 1. The van der Waals surface area contributed by atoms with Crippen molar-refractivity contribution in [1.29, 1.82) is 0 Å². The number of benzene rings is 1. The zero-order valence-electron chi connectivity index (χ0n) is 7.50. The molecule has 0 bridgehead atoms. The van der Waals surface area contributed by atoms with Gasteiger partial charge in [0.15, 0.2) is 5.11 Å². The summed E-state index contributed by atoms with van der Waals surface area (Å²) in [5.74, 6) is -0.217. The highest BCUT2D eigenvalue weighted by molar-refractivity contribution is 9.10. The predicted octanol–water partition coefficient (Wildman–Crippen LogP) is 1.68. The number of rotatable bonds is 1. The van der Waals surface area contributed by atoms with Gasteiger partial charge in [-0.05, 0) is 30.4 Å². The highest BCUT2D eigenvalue weighted by Gasteiger charge is 2.06. The molecule has 1 rings (SSSR count). The first-order valence-electron chi connectivity index (χ1n) is 3.92. The Morgan fingerprint density at radius 2 is 2.21 bits per heavy atom. The van der Waals surface area contributed by atoms with Gasteiger partial charge in [0.2, 0.25) is 0 Å². The second kappa shape index (κ2) is 5.07. The Morgan fingerprint density at radius 3 is 2.79 bits per heavy atom. The summed E-state index contributed by atoms with van der Waals surface area (Å²) >= 11 is 8.09. The van der Waals surface area contributed by atoms with Crippen LogP contribution in [0.2, 0.25) is 0 Å². The summed E-state index contributed by atoms with van der Waals surface area (Å²) in [6.07, 6.45) is 0. The summed E-state index contributed by atoms with van der Waals surface area (Å²) in [5.41, 5.74) is 0.567. The van der Waals surface area contributed by atoms with Crippen molar-refractivity contribution in [2.75, 3.05) is 7.05 Å². The van der Waals surface area contributed by atoms with Crippen molar-refractivity contribution in [2.24, 2.45) is 0 Å². The van der Waals surface area contributed by atoms with Crippen molar-refractivity contribution in [1.82, 2.24) is 10.6 Å². The van der Waals surface area contributed by atoms with E-state index in [-0.39, 0.29) is 5.91 Å². The van der Waals surface area contributed by atoms with Gasteiger partial charge in [-0.15, -0.1) is 0 Å². The van der Waals surface area contributed by atoms with Gasteiger partial charge in [0, 0.05) is 17.1 Å². The van der Waals surface area contributed by atoms with Gasteiger partial charge < -0.3 is 5.32 Å². The topological polar surface area (TPSA) is 41.1 Å². The summed E-state index contributed by atoms with van der Waals surface area (Å²) in [4.78, 5) is 11.5. The molecule has 1 aromatic carbocycles. The molecule has 14 heavy (non-hydrogen) atoms.